The second-order valence-corrected chi connectivity index (χ2v) is 7.15. The number of amides is 3. The van der Waals surface area contributed by atoms with Crippen molar-refractivity contribution >= 4 is 29.1 Å². The van der Waals surface area contributed by atoms with E-state index in [1.54, 1.807) is 65.4 Å². The molecule has 1 atom stereocenters. The Hall–Kier alpha value is -3.35. The maximum atomic E-state index is 12.8. The number of benzene rings is 2. The molecule has 1 saturated heterocycles. The molecule has 0 radical (unpaired) electrons. The lowest BCUT2D eigenvalue weighted by molar-refractivity contribution is -0.122. The molecule has 2 aromatic carbocycles. The number of ether oxygens (including phenoxy) is 1. The monoisotopic (exact) mass is 409 g/mol. The van der Waals surface area contributed by atoms with Gasteiger partial charge in [0.15, 0.2) is 0 Å². The summed E-state index contributed by atoms with van der Waals surface area (Å²) in [5.74, 6) is -0.143. The maximum Gasteiger partial charge on any atom is 0.253 e. The molecule has 1 N–H and O–H groups in total. The van der Waals surface area contributed by atoms with E-state index in [-0.39, 0.29) is 24.1 Å². The fraction of sp³-hybridized carbons (Fsp3) is 0.348. The SMILES string of the molecule is CCN(CC)C(=O)c1cccc(NC(=O)C2CC(=O)N(c3ccc(OC)cc3)C2)c1. The third-order valence-electron chi connectivity index (χ3n) is 5.31. The zero-order valence-corrected chi connectivity index (χ0v) is 17.6. The van der Waals surface area contributed by atoms with Crippen molar-refractivity contribution in [3.63, 3.8) is 0 Å². The number of nitrogens with zero attached hydrogens (tertiary/aromatic N) is 2. The normalized spacial score (nSPS) is 15.8. The quantitative estimate of drug-likeness (QED) is 0.762. The summed E-state index contributed by atoms with van der Waals surface area (Å²) in [6.07, 6.45) is 0.149. The van der Waals surface area contributed by atoms with E-state index in [0.717, 1.165) is 5.69 Å². The van der Waals surface area contributed by atoms with Gasteiger partial charge in [-0.15, -0.1) is 0 Å². The Kier molecular flexibility index (Phi) is 6.72. The average molecular weight is 409 g/mol. The molecule has 1 aliphatic heterocycles. The molecule has 0 saturated carbocycles. The number of rotatable bonds is 7. The minimum absolute atomic E-state index is 0.0715. The molecular formula is C23H27N3O4. The number of carbonyl (C=O) groups is 3. The molecule has 1 fully saturated rings. The van der Waals surface area contributed by atoms with Crippen LogP contribution in [-0.2, 0) is 9.59 Å². The highest BCUT2D eigenvalue weighted by Gasteiger charge is 2.35. The van der Waals surface area contributed by atoms with Gasteiger partial charge in [0.05, 0.1) is 13.0 Å². The van der Waals surface area contributed by atoms with Gasteiger partial charge in [-0.3, -0.25) is 14.4 Å². The van der Waals surface area contributed by atoms with Crippen LogP contribution in [0.15, 0.2) is 48.5 Å². The third kappa shape index (κ3) is 4.62. The summed E-state index contributed by atoms with van der Waals surface area (Å²) in [6, 6.07) is 14.1. The maximum absolute atomic E-state index is 12.8. The predicted octanol–water partition coefficient (Wildman–Crippen LogP) is 3.17. The minimum atomic E-state index is -0.457. The fourth-order valence-electron chi connectivity index (χ4n) is 3.56. The Morgan fingerprint density at radius 2 is 1.83 bits per heavy atom. The lowest BCUT2D eigenvalue weighted by Crippen LogP contribution is -2.30. The fourth-order valence-corrected chi connectivity index (χ4v) is 3.56. The van der Waals surface area contributed by atoms with Crippen LogP contribution in [0.2, 0.25) is 0 Å². The van der Waals surface area contributed by atoms with Crippen molar-refractivity contribution in [3.8, 4) is 5.75 Å². The van der Waals surface area contributed by atoms with Crippen molar-refractivity contribution in [3.05, 3.63) is 54.1 Å². The third-order valence-corrected chi connectivity index (χ3v) is 5.31. The van der Waals surface area contributed by atoms with Gasteiger partial charge in [-0.05, 0) is 56.3 Å². The van der Waals surface area contributed by atoms with Crippen molar-refractivity contribution in [2.24, 2.45) is 5.92 Å². The van der Waals surface area contributed by atoms with E-state index in [0.29, 0.717) is 36.6 Å². The van der Waals surface area contributed by atoms with Crippen LogP contribution in [-0.4, -0.2) is 49.4 Å². The highest BCUT2D eigenvalue weighted by molar-refractivity contribution is 6.04. The number of hydrogen-bond acceptors (Lipinski definition) is 4. The van der Waals surface area contributed by atoms with Crippen LogP contribution in [0.3, 0.4) is 0 Å². The van der Waals surface area contributed by atoms with E-state index in [4.69, 9.17) is 4.74 Å². The summed E-state index contributed by atoms with van der Waals surface area (Å²) >= 11 is 0. The Morgan fingerprint density at radius 3 is 2.47 bits per heavy atom. The molecule has 7 heteroatoms. The van der Waals surface area contributed by atoms with Crippen molar-refractivity contribution in [2.75, 3.05) is 37.0 Å². The Labute approximate surface area is 176 Å². The molecule has 158 valence electrons. The molecule has 3 amide bonds. The van der Waals surface area contributed by atoms with E-state index in [2.05, 4.69) is 5.32 Å². The molecule has 1 unspecified atom stereocenters. The summed E-state index contributed by atoms with van der Waals surface area (Å²) in [6.45, 7) is 5.42. The highest BCUT2D eigenvalue weighted by Crippen LogP contribution is 2.27. The second-order valence-electron chi connectivity index (χ2n) is 7.15. The standard InChI is InChI=1S/C23H27N3O4/c1-4-25(5-2)23(29)16-7-6-8-18(13-16)24-22(28)17-14-21(27)26(15-17)19-9-11-20(30-3)12-10-19/h6-13,17H,4-5,14-15H2,1-3H3,(H,24,28). The Morgan fingerprint density at radius 1 is 1.13 bits per heavy atom. The summed E-state index contributed by atoms with van der Waals surface area (Å²) in [7, 11) is 1.58. The number of carbonyl (C=O) groups excluding carboxylic acids is 3. The van der Waals surface area contributed by atoms with E-state index >= 15 is 0 Å². The van der Waals surface area contributed by atoms with Crippen LogP contribution in [0.1, 0.15) is 30.6 Å². The first-order valence-corrected chi connectivity index (χ1v) is 10.1. The van der Waals surface area contributed by atoms with Crippen LogP contribution in [0.25, 0.3) is 0 Å². The van der Waals surface area contributed by atoms with Gasteiger partial charge >= 0.3 is 0 Å². The number of methoxy groups -OCH3 is 1. The zero-order valence-electron chi connectivity index (χ0n) is 17.6. The molecule has 7 nitrogen and oxygen atoms in total. The smallest absolute Gasteiger partial charge is 0.253 e. The van der Waals surface area contributed by atoms with Crippen molar-refractivity contribution in [2.45, 2.75) is 20.3 Å². The molecule has 0 aromatic heterocycles. The first-order valence-electron chi connectivity index (χ1n) is 10.1. The van der Waals surface area contributed by atoms with Crippen molar-refractivity contribution < 1.29 is 19.1 Å². The summed E-state index contributed by atoms with van der Waals surface area (Å²) in [4.78, 5) is 41.1. The van der Waals surface area contributed by atoms with Crippen molar-refractivity contribution in [1.82, 2.24) is 4.90 Å². The van der Waals surface area contributed by atoms with E-state index in [1.165, 1.54) is 0 Å². The van der Waals surface area contributed by atoms with E-state index in [9.17, 15) is 14.4 Å². The van der Waals surface area contributed by atoms with Crippen LogP contribution < -0.4 is 15.0 Å². The second kappa shape index (κ2) is 9.43. The van der Waals surface area contributed by atoms with Crippen LogP contribution in [0, 0.1) is 5.92 Å². The molecule has 3 rings (SSSR count). The minimum Gasteiger partial charge on any atom is -0.497 e. The van der Waals surface area contributed by atoms with Crippen LogP contribution in [0.5, 0.6) is 5.75 Å². The number of anilines is 2. The van der Waals surface area contributed by atoms with Gasteiger partial charge in [0.2, 0.25) is 11.8 Å². The summed E-state index contributed by atoms with van der Waals surface area (Å²) in [5.41, 5.74) is 1.81. The summed E-state index contributed by atoms with van der Waals surface area (Å²) < 4.78 is 5.15. The van der Waals surface area contributed by atoms with E-state index in [1.807, 2.05) is 13.8 Å². The van der Waals surface area contributed by atoms with Gasteiger partial charge in [0.1, 0.15) is 5.75 Å². The Balaban J connectivity index is 1.67. The molecule has 30 heavy (non-hydrogen) atoms. The average Bonchev–Trinajstić information content (AvgIpc) is 3.16. The van der Waals surface area contributed by atoms with Crippen molar-refractivity contribution in [1.29, 1.82) is 0 Å². The molecule has 0 aliphatic carbocycles. The highest BCUT2D eigenvalue weighted by atomic mass is 16.5. The van der Waals surface area contributed by atoms with Gasteiger partial charge in [0.25, 0.3) is 5.91 Å². The molecule has 0 spiro atoms. The van der Waals surface area contributed by atoms with Gasteiger partial charge < -0.3 is 19.9 Å². The van der Waals surface area contributed by atoms with E-state index < -0.39 is 5.92 Å². The largest absolute Gasteiger partial charge is 0.497 e. The van der Waals surface area contributed by atoms with Gasteiger partial charge in [-0.2, -0.15) is 0 Å². The number of hydrogen-bond donors (Lipinski definition) is 1. The topological polar surface area (TPSA) is 79.0 Å². The lowest BCUT2D eigenvalue weighted by Gasteiger charge is -2.19. The first kappa shape index (κ1) is 21.4. The van der Waals surface area contributed by atoms with Gasteiger partial charge in [-0.1, -0.05) is 6.07 Å². The molecule has 0 bridgehead atoms. The van der Waals surface area contributed by atoms with Crippen LogP contribution in [0.4, 0.5) is 11.4 Å². The zero-order chi connectivity index (χ0) is 21.7. The molecule has 2 aromatic rings. The molecule has 1 heterocycles. The molecule has 1 aliphatic rings. The van der Waals surface area contributed by atoms with Gasteiger partial charge in [0, 0.05) is 43.0 Å². The summed E-state index contributed by atoms with van der Waals surface area (Å²) in [5, 5.41) is 2.86. The number of nitrogens with one attached hydrogen (secondary N) is 1. The molecular weight excluding hydrogens is 382 g/mol. The Bertz CT molecular complexity index is 922. The van der Waals surface area contributed by atoms with Gasteiger partial charge in [-0.25, -0.2) is 0 Å². The lowest BCUT2D eigenvalue weighted by atomic mass is 10.1. The predicted molar refractivity (Wildman–Crippen MR) is 116 cm³/mol. The van der Waals surface area contributed by atoms with Crippen LogP contribution >= 0.6 is 0 Å². The first-order chi connectivity index (χ1) is 14.5.